The van der Waals surface area contributed by atoms with E-state index in [4.69, 9.17) is 10.00 Å². The molecular weight excluding hydrogens is 186 g/mol. The molecule has 0 heterocycles. The van der Waals surface area contributed by atoms with Crippen LogP contribution in [0.2, 0.25) is 0 Å². The molecule has 1 atom stereocenters. The minimum atomic E-state index is -0.00379. The van der Waals surface area contributed by atoms with Gasteiger partial charge in [0.1, 0.15) is 5.75 Å². The molecule has 2 nitrogen and oxygen atoms in total. The highest BCUT2D eigenvalue weighted by Gasteiger charge is 2.12. The Labute approximate surface area is 91.5 Å². The monoisotopic (exact) mass is 203 g/mol. The zero-order valence-electron chi connectivity index (χ0n) is 9.53. The first kappa shape index (κ1) is 11.6. The minimum Gasteiger partial charge on any atom is -0.497 e. The van der Waals surface area contributed by atoms with Crippen LogP contribution in [-0.4, -0.2) is 7.11 Å². The second-order valence-electron chi connectivity index (χ2n) is 4.08. The van der Waals surface area contributed by atoms with E-state index >= 15 is 0 Å². The molecule has 1 unspecified atom stereocenters. The highest BCUT2D eigenvalue weighted by Crippen LogP contribution is 2.24. The normalized spacial score (nSPS) is 12.2. The van der Waals surface area contributed by atoms with Crippen LogP contribution in [0.5, 0.6) is 5.75 Å². The van der Waals surface area contributed by atoms with Gasteiger partial charge in [-0.25, -0.2) is 0 Å². The number of nitriles is 1. The van der Waals surface area contributed by atoms with Crippen LogP contribution >= 0.6 is 0 Å². The van der Waals surface area contributed by atoms with Gasteiger partial charge in [0.05, 0.1) is 19.1 Å². The van der Waals surface area contributed by atoms with Crippen LogP contribution in [-0.2, 0) is 0 Å². The average Bonchev–Trinajstić information content (AvgIpc) is 2.26. The first-order valence-corrected chi connectivity index (χ1v) is 5.21. The summed E-state index contributed by atoms with van der Waals surface area (Å²) in [6.45, 7) is 4.27. The second-order valence-corrected chi connectivity index (χ2v) is 4.08. The third kappa shape index (κ3) is 3.28. The molecule has 0 saturated heterocycles. The Morgan fingerprint density at radius 3 is 2.27 bits per heavy atom. The fourth-order valence-corrected chi connectivity index (χ4v) is 1.57. The van der Waals surface area contributed by atoms with Gasteiger partial charge in [-0.3, -0.25) is 0 Å². The van der Waals surface area contributed by atoms with Crippen molar-refractivity contribution in [3.63, 3.8) is 0 Å². The SMILES string of the molecule is COc1ccc(C(C#N)CC(C)C)cc1. The molecule has 1 aromatic rings. The maximum atomic E-state index is 9.07. The van der Waals surface area contributed by atoms with Crippen molar-refractivity contribution < 1.29 is 4.74 Å². The molecule has 0 aliphatic carbocycles. The van der Waals surface area contributed by atoms with Gasteiger partial charge < -0.3 is 4.74 Å². The minimum absolute atomic E-state index is 0.00379. The summed E-state index contributed by atoms with van der Waals surface area (Å²) in [5.74, 6) is 1.37. The molecule has 0 amide bonds. The zero-order valence-corrected chi connectivity index (χ0v) is 9.53. The summed E-state index contributed by atoms with van der Waals surface area (Å²) in [5.41, 5.74) is 1.08. The van der Waals surface area contributed by atoms with E-state index in [1.54, 1.807) is 7.11 Å². The van der Waals surface area contributed by atoms with E-state index in [-0.39, 0.29) is 5.92 Å². The van der Waals surface area contributed by atoms with Gasteiger partial charge in [-0.2, -0.15) is 5.26 Å². The van der Waals surface area contributed by atoms with Crippen molar-refractivity contribution in [3.8, 4) is 11.8 Å². The number of rotatable bonds is 4. The number of hydrogen-bond donors (Lipinski definition) is 0. The Morgan fingerprint density at radius 1 is 1.27 bits per heavy atom. The van der Waals surface area contributed by atoms with Crippen molar-refractivity contribution in [2.45, 2.75) is 26.2 Å². The molecule has 0 fully saturated rings. The van der Waals surface area contributed by atoms with Gasteiger partial charge in [0.2, 0.25) is 0 Å². The Balaban J connectivity index is 2.80. The third-order valence-electron chi connectivity index (χ3n) is 2.38. The molecule has 0 aliphatic rings. The summed E-state index contributed by atoms with van der Waals surface area (Å²) in [4.78, 5) is 0. The molecular formula is C13H17NO. The fourth-order valence-electron chi connectivity index (χ4n) is 1.57. The van der Waals surface area contributed by atoms with Gasteiger partial charge in [0.15, 0.2) is 0 Å². The Hall–Kier alpha value is -1.49. The summed E-state index contributed by atoms with van der Waals surface area (Å²) in [5, 5.41) is 9.07. The number of benzene rings is 1. The summed E-state index contributed by atoms with van der Waals surface area (Å²) in [6.07, 6.45) is 0.906. The lowest BCUT2D eigenvalue weighted by atomic mass is 9.91. The number of ether oxygens (including phenoxy) is 1. The van der Waals surface area contributed by atoms with Gasteiger partial charge in [0.25, 0.3) is 0 Å². The van der Waals surface area contributed by atoms with Crippen molar-refractivity contribution in [2.75, 3.05) is 7.11 Å². The van der Waals surface area contributed by atoms with E-state index in [0.717, 1.165) is 17.7 Å². The van der Waals surface area contributed by atoms with Gasteiger partial charge >= 0.3 is 0 Å². The van der Waals surface area contributed by atoms with Crippen molar-refractivity contribution in [1.29, 1.82) is 5.26 Å². The Kier molecular flexibility index (Phi) is 4.17. The van der Waals surface area contributed by atoms with Crippen LogP contribution in [0.1, 0.15) is 31.7 Å². The van der Waals surface area contributed by atoms with Crippen LogP contribution < -0.4 is 4.74 Å². The van der Waals surface area contributed by atoms with Crippen LogP contribution in [0.25, 0.3) is 0 Å². The maximum Gasteiger partial charge on any atom is 0.118 e. The van der Waals surface area contributed by atoms with Gasteiger partial charge in [-0.1, -0.05) is 26.0 Å². The van der Waals surface area contributed by atoms with Gasteiger partial charge in [-0.15, -0.1) is 0 Å². The smallest absolute Gasteiger partial charge is 0.118 e. The second kappa shape index (κ2) is 5.41. The first-order chi connectivity index (χ1) is 7.17. The maximum absolute atomic E-state index is 9.07. The Bertz CT molecular complexity index is 335. The van der Waals surface area contributed by atoms with E-state index < -0.39 is 0 Å². The molecule has 0 saturated carbocycles. The molecule has 15 heavy (non-hydrogen) atoms. The molecule has 2 heteroatoms. The third-order valence-corrected chi connectivity index (χ3v) is 2.38. The standard InChI is InChI=1S/C13H17NO/c1-10(2)8-12(9-14)11-4-6-13(15-3)7-5-11/h4-7,10,12H,8H2,1-3H3. The van der Waals surface area contributed by atoms with Crippen LogP contribution in [0.3, 0.4) is 0 Å². The molecule has 0 radical (unpaired) electrons. The van der Waals surface area contributed by atoms with Gasteiger partial charge in [0, 0.05) is 0 Å². The van der Waals surface area contributed by atoms with Crippen LogP contribution in [0.4, 0.5) is 0 Å². The summed E-state index contributed by atoms with van der Waals surface area (Å²) < 4.78 is 5.08. The summed E-state index contributed by atoms with van der Waals surface area (Å²) >= 11 is 0. The quantitative estimate of drug-likeness (QED) is 0.751. The molecule has 0 N–H and O–H groups in total. The van der Waals surface area contributed by atoms with Crippen molar-refractivity contribution in [3.05, 3.63) is 29.8 Å². The molecule has 1 rings (SSSR count). The van der Waals surface area contributed by atoms with E-state index in [9.17, 15) is 0 Å². The predicted molar refractivity (Wildman–Crippen MR) is 60.8 cm³/mol. The van der Waals surface area contributed by atoms with E-state index in [1.165, 1.54) is 0 Å². The Morgan fingerprint density at radius 2 is 1.87 bits per heavy atom. The van der Waals surface area contributed by atoms with E-state index in [0.29, 0.717) is 5.92 Å². The zero-order chi connectivity index (χ0) is 11.3. The molecule has 0 spiro atoms. The molecule has 0 aliphatic heterocycles. The lowest BCUT2D eigenvalue weighted by Gasteiger charge is -2.12. The number of methoxy groups -OCH3 is 1. The molecule has 1 aromatic carbocycles. The predicted octanol–water partition coefficient (Wildman–Crippen LogP) is 3.35. The van der Waals surface area contributed by atoms with Gasteiger partial charge in [-0.05, 0) is 30.0 Å². The number of nitrogens with zero attached hydrogens (tertiary/aromatic N) is 1. The van der Waals surface area contributed by atoms with Crippen LogP contribution in [0.15, 0.2) is 24.3 Å². The van der Waals surface area contributed by atoms with E-state index in [2.05, 4.69) is 19.9 Å². The topological polar surface area (TPSA) is 33.0 Å². The molecule has 0 bridgehead atoms. The van der Waals surface area contributed by atoms with Crippen LogP contribution in [0, 0.1) is 17.2 Å². The average molecular weight is 203 g/mol. The molecule has 0 aromatic heterocycles. The highest BCUT2D eigenvalue weighted by atomic mass is 16.5. The van der Waals surface area contributed by atoms with Crippen molar-refractivity contribution in [1.82, 2.24) is 0 Å². The number of hydrogen-bond acceptors (Lipinski definition) is 2. The lowest BCUT2D eigenvalue weighted by molar-refractivity contribution is 0.414. The largest absolute Gasteiger partial charge is 0.497 e. The van der Waals surface area contributed by atoms with Crippen molar-refractivity contribution in [2.24, 2.45) is 5.92 Å². The van der Waals surface area contributed by atoms with Crippen molar-refractivity contribution >= 4 is 0 Å². The summed E-state index contributed by atoms with van der Waals surface area (Å²) in [7, 11) is 1.64. The molecule has 80 valence electrons. The fraction of sp³-hybridized carbons (Fsp3) is 0.462. The van der Waals surface area contributed by atoms with E-state index in [1.807, 2.05) is 24.3 Å². The highest BCUT2D eigenvalue weighted by molar-refractivity contribution is 5.31. The lowest BCUT2D eigenvalue weighted by Crippen LogP contribution is -2.00. The summed E-state index contributed by atoms with van der Waals surface area (Å²) in [6, 6.07) is 10.1. The first-order valence-electron chi connectivity index (χ1n) is 5.21.